The van der Waals surface area contributed by atoms with Crippen LogP contribution in [-0.2, 0) is 14.8 Å². The zero-order chi connectivity index (χ0) is 20.9. The molecule has 160 valence electrons. The number of hydrogen-bond donors (Lipinski definition) is 2. The molecule has 1 saturated carbocycles. The molecule has 8 nitrogen and oxygen atoms in total. The van der Waals surface area contributed by atoms with E-state index in [0.717, 1.165) is 38.2 Å². The molecular weight excluding hydrogens is 401 g/mol. The van der Waals surface area contributed by atoms with E-state index in [1.54, 1.807) is 0 Å². The number of urea groups is 1. The number of benzene rings is 1. The number of nitrogens with one attached hydrogen (secondary N) is 2. The van der Waals surface area contributed by atoms with Gasteiger partial charge < -0.3 is 9.64 Å². The van der Waals surface area contributed by atoms with E-state index in [9.17, 15) is 22.4 Å². The molecule has 2 aliphatic rings. The summed E-state index contributed by atoms with van der Waals surface area (Å²) in [5, 5.41) is 2.22. The quantitative estimate of drug-likeness (QED) is 0.392. The highest BCUT2D eigenvalue weighted by Gasteiger charge is 2.25. The van der Waals surface area contributed by atoms with Crippen LogP contribution in [0.5, 0.6) is 5.75 Å². The minimum absolute atomic E-state index is 0.0191. The van der Waals surface area contributed by atoms with E-state index in [2.05, 4.69) is 10.0 Å². The van der Waals surface area contributed by atoms with Crippen LogP contribution in [-0.4, -0.2) is 51.5 Å². The molecule has 0 radical (unpaired) electrons. The topological polar surface area (TPSA) is 105 Å². The minimum atomic E-state index is -3.74. The number of carbonyl (C=O) groups is 2. The van der Waals surface area contributed by atoms with Crippen molar-refractivity contribution in [2.75, 3.05) is 26.2 Å². The fourth-order valence-electron chi connectivity index (χ4n) is 2.99. The zero-order valence-corrected chi connectivity index (χ0v) is 17.0. The highest BCUT2D eigenvalue weighted by molar-refractivity contribution is 7.89. The highest BCUT2D eigenvalue weighted by Crippen LogP contribution is 2.30. The van der Waals surface area contributed by atoms with Gasteiger partial charge in [-0.15, -0.1) is 0 Å². The number of rotatable bonds is 12. The molecule has 2 N–H and O–H groups in total. The minimum Gasteiger partial charge on any atom is -0.490 e. The summed E-state index contributed by atoms with van der Waals surface area (Å²) >= 11 is 0. The molecule has 1 aromatic carbocycles. The van der Waals surface area contributed by atoms with E-state index in [-0.39, 0.29) is 35.7 Å². The van der Waals surface area contributed by atoms with Gasteiger partial charge in [0.15, 0.2) is 11.6 Å². The Labute approximate surface area is 169 Å². The summed E-state index contributed by atoms with van der Waals surface area (Å²) in [7, 11) is -3.74. The Morgan fingerprint density at radius 1 is 1.17 bits per heavy atom. The number of sulfonamides is 1. The van der Waals surface area contributed by atoms with Crippen molar-refractivity contribution in [3.8, 4) is 5.75 Å². The SMILES string of the molecule is O=C1CN(CCCCCCNS(=O)(=O)c2ccc(F)c(OCC3CC3)c2)C(=O)N1. The van der Waals surface area contributed by atoms with Crippen LogP contribution >= 0.6 is 0 Å². The van der Waals surface area contributed by atoms with Crippen molar-refractivity contribution >= 4 is 22.0 Å². The molecule has 1 heterocycles. The second-order valence-corrected chi connectivity index (χ2v) is 9.20. The number of halogens is 1. The molecule has 0 spiro atoms. The Hall–Kier alpha value is -2.20. The van der Waals surface area contributed by atoms with Crippen LogP contribution in [0.4, 0.5) is 9.18 Å². The van der Waals surface area contributed by atoms with Crippen LogP contribution in [0.25, 0.3) is 0 Å². The van der Waals surface area contributed by atoms with Gasteiger partial charge in [0.05, 0.1) is 11.5 Å². The summed E-state index contributed by atoms with van der Waals surface area (Å²) < 4.78 is 46.6. The van der Waals surface area contributed by atoms with Gasteiger partial charge in [-0.2, -0.15) is 0 Å². The summed E-state index contributed by atoms with van der Waals surface area (Å²) in [6.45, 7) is 1.27. The molecule has 3 rings (SSSR count). The maximum atomic E-state index is 13.8. The number of nitrogens with zero attached hydrogens (tertiary/aromatic N) is 1. The molecule has 3 amide bonds. The summed E-state index contributed by atoms with van der Waals surface area (Å²) in [4.78, 5) is 23.9. The Morgan fingerprint density at radius 3 is 2.62 bits per heavy atom. The van der Waals surface area contributed by atoms with Gasteiger partial charge >= 0.3 is 6.03 Å². The van der Waals surface area contributed by atoms with Gasteiger partial charge in [0.25, 0.3) is 0 Å². The molecule has 0 atom stereocenters. The van der Waals surface area contributed by atoms with Crippen molar-refractivity contribution < 1.29 is 27.1 Å². The Morgan fingerprint density at radius 2 is 1.93 bits per heavy atom. The molecule has 29 heavy (non-hydrogen) atoms. The third-order valence-corrected chi connectivity index (χ3v) is 6.36. The lowest BCUT2D eigenvalue weighted by Gasteiger charge is -2.12. The van der Waals surface area contributed by atoms with E-state index in [1.807, 2.05) is 0 Å². The second-order valence-electron chi connectivity index (χ2n) is 7.43. The molecule has 1 aliphatic heterocycles. The molecule has 2 fully saturated rings. The Balaban J connectivity index is 1.36. The van der Waals surface area contributed by atoms with Gasteiger partial charge in [-0.3, -0.25) is 10.1 Å². The third kappa shape index (κ3) is 6.40. The van der Waals surface area contributed by atoms with Crippen LogP contribution in [0.3, 0.4) is 0 Å². The van der Waals surface area contributed by atoms with Crippen molar-refractivity contribution in [2.45, 2.75) is 43.4 Å². The molecule has 1 aromatic rings. The fourth-order valence-corrected chi connectivity index (χ4v) is 4.08. The molecule has 10 heteroatoms. The summed E-state index contributed by atoms with van der Waals surface area (Å²) in [6, 6.07) is 3.20. The largest absolute Gasteiger partial charge is 0.490 e. The maximum absolute atomic E-state index is 13.8. The number of amides is 3. The van der Waals surface area contributed by atoms with Crippen LogP contribution in [0.15, 0.2) is 23.1 Å². The molecule has 0 unspecified atom stereocenters. The normalized spacial score (nSPS) is 16.9. The van der Waals surface area contributed by atoms with Gasteiger partial charge in [-0.25, -0.2) is 22.3 Å². The van der Waals surface area contributed by atoms with E-state index in [1.165, 1.54) is 17.0 Å². The van der Waals surface area contributed by atoms with Crippen molar-refractivity contribution in [3.05, 3.63) is 24.0 Å². The van der Waals surface area contributed by atoms with Crippen LogP contribution < -0.4 is 14.8 Å². The number of ether oxygens (including phenoxy) is 1. The Kier molecular flexibility index (Phi) is 7.07. The van der Waals surface area contributed by atoms with E-state index >= 15 is 0 Å². The van der Waals surface area contributed by atoms with Crippen LogP contribution in [0.2, 0.25) is 0 Å². The average Bonchev–Trinajstić information content (AvgIpc) is 3.44. The van der Waals surface area contributed by atoms with Crippen LogP contribution in [0.1, 0.15) is 38.5 Å². The zero-order valence-electron chi connectivity index (χ0n) is 16.2. The molecule has 1 aliphatic carbocycles. The highest BCUT2D eigenvalue weighted by atomic mass is 32.2. The van der Waals surface area contributed by atoms with Crippen molar-refractivity contribution in [3.63, 3.8) is 0 Å². The van der Waals surface area contributed by atoms with E-state index in [4.69, 9.17) is 4.74 Å². The monoisotopic (exact) mass is 427 g/mol. The van der Waals surface area contributed by atoms with E-state index in [0.29, 0.717) is 25.5 Å². The molecular formula is C19H26FN3O5S. The molecule has 0 bridgehead atoms. The van der Waals surface area contributed by atoms with Crippen molar-refractivity contribution in [2.24, 2.45) is 5.92 Å². The first-order chi connectivity index (χ1) is 13.8. The summed E-state index contributed by atoms with van der Waals surface area (Å²) in [5.74, 6) is -0.457. The third-order valence-electron chi connectivity index (χ3n) is 4.90. The number of carbonyl (C=O) groups excluding carboxylic acids is 2. The number of hydrogen-bond acceptors (Lipinski definition) is 5. The number of imide groups is 1. The van der Waals surface area contributed by atoms with Gasteiger partial charge in [-0.1, -0.05) is 12.8 Å². The first kappa shape index (κ1) is 21.5. The standard InChI is InChI=1S/C19H26FN3O5S/c20-16-8-7-15(11-17(16)28-13-14-5-6-14)29(26,27)21-9-3-1-2-4-10-23-12-18(24)22-19(23)25/h7-8,11,14,21H,1-6,9-10,12-13H2,(H,22,24,25). The molecule has 0 aromatic heterocycles. The van der Waals surface area contributed by atoms with E-state index < -0.39 is 15.8 Å². The predicted octanol–water partition coefficient (Wildman–Crippen LogP) is 2.01. The first-order valence-corrected chi connectivity index (χ1v) is 11.3. The first-order valence-electron chi connectivity index (χ1n) is 9.86. The van der Waals surface area contributed by atoms with Gasteiger partial charge in [-0.05, 0) is 43.7 Å². The van der Waals surface area contributed by atoms with Crippen molar-refractivity contribution in [1.29, 1.82) is 0 Å². The summed E-state index contributed by atoms with van der Waals surface area (Å²) in [5.41, 5.74) is 0. The van der Waals surface area contributed by atoms with Crippen molar-refractivity contribution in [1.82, 2.24) is 14.9 Å². The lowest BCUT2D eigenvalue weighted by atomic mass is 10.2. The van der Waals surface area contributed by atoms with Gasteiger partial charge in [0.1, 0.15) is 6.54 Å². The summed E-state index contributed by atoms with van der Waals surface area (Å²) in [6.07, 6.45) is 5.10. The maximum Gasteiger partial charge on any atom is 0.324 e. The lowest BCUT2D eigenvalue weighted by molar-refractivity contribution is -0.118. The fraction of sp³-hybridized carbons (Fsp3) is 0.579. The predicted molar refractivity (Wildman–Crippen MR) is 103 cm³/mol. The number of unbranched alkanes of at least 4 members (excludes halogenated alkanes) is 3. The second kappa shape index (κ2) is 9.53. The lowest BCUT2D eigenvalue weighted by Crippen LogP contribution is -2.29. The van der Waals surface area contributed by atoms with Gasteiger partial charge in [0.2, 0.25) is 15.9 Å². The molecule has 1 saturated heterocycles. The average molecular weight is 427 g/mol. The van der Waals surface area contributed by atoms with Crippen LogP contribution in [0, 0.1) is 11.7 Å². The Bertz CT molecular complexity index is 857. The smallest absolute Gasteiger partial charge is 0.324 e. The van der Waals surface area contributed by atoms with Gasteiger partial charge in [0, 0.05) is 19.2 Å².